The van der Waals surface area contributed by atoms with Crippen LogP contribution in [0.5, 0.6) is 0 Å². The van der Waals surface area contributed by atoms with E-state index in [1.54, 1.807) is 0 Å². The smallest absolute Gasteiger partial charge is 0.149 e. The minimum atomic E-state index is -0.577. The summed E-state index contributed by atoms with van der Waals surface area (Å²) in [4.78, 5) is 0. The number of hydrogen-bond acceptors (Lipinski definition) is 2. The molecule has 0 heterocycles. The Morgan fingerprint density at radius 3 is 2.41 bits per heavy atom. The van der Waals surface area contributed by atoms with E-state index in [-0.39, 0.29) is 5.69 Å². The predicted octanol–water partition coefficient (Wildman–Crippen LogP) is 3.44. The Hall–Kier alpha value is -1.16. The van der Waals surface area contributed by atoms with Crippen LogP contribution in [0.15, 0.2) is 18.2 Å². The fourth-order valence-electron chi connectivity index (χ4n) is 1.34. The SMILES string of the molecule is CC(C)CCOCCNc1c(F)cccc1F. The lowest BCUT2D eigenvalue weighted by Gasteiger charge is -2.09. The van der Waals surface area contributed by atoms with Crippen LogP contribution in [-0.4, -0.2) is 19.8 Å². The summed E-state index contributed by atoms with van der Waals surface area (Å²) in [6, 6.07) is 3.80. The van der Waals surface area contributed by atoms with Crippen LogP contribution in [0.25, 0.3) is 0 Å². The molecule has 0 unspecified atom stereocenters. The van der Waals surface area contributed by atoms with Crippen molar-refractivity contribution in [1.82, 2.24) is 0 Å². The highest BCUT2D eigenvalue weighted by Crippen LogP contribution is 2.17. The van der Waals surface area contributed by atoms with E-state index in [4.69, 9.17) is 4.74 Å². The molecule has 1 rings (SSSR count). The van der Waals surface area contributed by atoms with Crippen molar-refractivity contribution in [2.45, 2.75) is 20.3 Å². The lowest BCUT2D eigenvalue weighted by molar-refractivity contribution is 0.132. The van der Waals surface area contributed by atoms with Crippen molar-refractivity contribution in [2.75, 3.05) is 25.1 Å². The van der Waals surface area contributed by atoms with E-state index in [0.717, 1.165) is 6.42 Å². The van der Waals surface area contributed by atoms with Crippen molar-refractivity contribution in [3.05, 3.63) is 29.8 Å². The van der Waals surface area contributed by atoms with Crippen LogP contribution < -0.4 is 5.32 Å². The van der Waals surface area contributed by atoms with Gasteiger partial charge in [-0.25, -0.2) is 8.78 Å². The molecular formula is C13H19F2NO. The first-order chi connectivity index (χ1) is 8.11. The number of hydrogen-bond donors (Lipinski definition) is 1. The molecule has 0 aliphatic heterocycles. The third kappa shape index (κ3) is 5.13. The third-order valence-corrected chi connectivity index (χ3v) is 2.35. The van der Waals surface area contributed by atoms with Gasteiger partial charge in [-0.15, -0.1) is 0 Å². The zero-order valence-electron chi connectivity index (χ0n) is 10.3. The van der Waals surface area contributed by atoms with E-state index in [1.807, 2.05) is 0 Å². The molecule has 1 aromatic carbocycles. The van der Waals surface area contributed by atoms with Crippen molar-refractivity contribution in [2.24, 2.45) is 5.92 Å². The number of benzene rings is 1. The van der Waals surface area contributed by atoms with Crippen LogP contribution in [0.3, 0.4) is 0 Å². The highest BCUT2D eigenvalue weighted by molar-refractivity contribution is 5.45. The highest BCUT2D eigenvalue weighted by atomic mass is 19.1. The zero-order valence-corrected chi connectivity index (χ0v) is 10.3. The normalized spacial score (nSPS) is 10.9. The summed E-state index contributed by atoms with van der Waals surface area (Å²) in [6.07, 6.45) is 0.994. The molecule has 0 spiro atoms. The van der Waals surface area contributed by atoms with E-state index in [9.17, 15) is 8.78 Å². The summed E-state index contributed by atoms with van der Waals surface area (Å²) >= 11 is 0. The first-order valence-electron chi connectivity index (χ1n) is 5.87. The molecule has 0 saturated carbocycles. The summed E-state index contributed by atoms with van der Waals surface area (Å²) in [5.74, 6) is -0.550. The molecular weight excluding hydrogens is 224 g/mol. The minimum absolute atomic E-state index is 0.0834. The van der Waals surface area contributed by atoms with Crippen molar-refractivity contribution >= 4 is 5.69 Å². The first kappa shape index (κ1) is 13.9. The fraction of sp³-hybridized carbons (Fsp3) is 0.538. The molecule has 0 aromatic heterocycles. The van der Waals surface area contributed by atoms with Gasteiger partial charge in [0.05, 0.1) is 6.61 Å². The number of halogens is 2. The molecule has 96 valence electrons. The van der Waals surface area contributed by atoms with Gasteiger partial charge in [0, 0.05) is 13.2 Å². The maximum atomic E-state index is 13.2. The lowest BCUT2D eigenvalue weighted by Crippen LogP contribution is -2.12. The minimum Gasteiger partial charge on any atom is -0.380 e. The zero-order chi connectivity index (χ0) is 12.7. The molecule has 0 aliphatic carbocycles. The Kier molecular flexibility index (Phi) is 5.91. The second kappa shape index (κ2) is 7.22. The summed E-state index contributed by atoms with van der Waals surface area (Å²) < 4.78 is 31.7. The molecule has 0 aliphatic rings. The number of ether oxygens (including phenoxy) is 1. The molecule has 17 heavy (non-hydrogen) atoms. The van der Waals surface area contributed by atoms with Crippen LogP contribution in [0.4, 0.5) is 14.5 Å². The lowest BCUT2D eigenvalue weighted by atomic mass is 10.1. The van der Waals surface area contributed by atoms with Gasteiger partial charge in [-0.05, 0) is 24.5 Å². The van der Waals surface area contributed by atoms with Gasteiger partial charge in [0.1, 0.15) is 17.3 Å². The average molecular weight is 243 g/mol. The largest absolute Gasteiger partial charge is 0.380 e. The standard InChI is InChI=1S/C13H19F2NO/c1-10(2)6-8-17-9-7-16-13-11(14)4-3-5-12(13)15/h3-5,10,16H,6-9H2,1-2H3. The summed E-state index contributed by atoms with van der Waals surface area (Å²) in [7, 11) is 0. The van der Waals surface area contributed by atoms with Gasteiger partial charge in [0.15, 0.2) is 0 Å². The second-order valence-electron chi connectivity index (χ2n) is 4.32. The maximum absolute atomic E-state index is 13.2. The Bertz CT molecular complexity index is 322. The van der Waals surface area contributed by atoms with Crippen molar-refractivity contribution < 1.29 is 13.5 Å². The quantitative estimate of drug-likeness (QED) is 0.741. The summed E-state index contributed by atoms with van der Waals surface area (Å²) in [6.45, 7) is 5.77. The summed E-state index contributed by atoms with van der Waals surface area (Å²) in [5, 5.41) is 2.69. The fourth-order valence-corrected chi connectivity index (χ4v) is 1.34. The van der Waals surface area contributed by atoms with E-state index in [0.29, 0.717) is 25.7 Å². The highest BCUT2D eigenvalue weighted by Gasteiger charge is 2.06. The molecule has 4 heteroatoms. The topological polar surface area (TPSA) is 21.3 Å². The van der Waals surface area contributed by atoms with Gasteiger partial charge in [0.25, 0.3) is 0 Å². The molecule has 0 saturated heterocycles. The van der Waals surface area contributed by atoms with Crippen molar-refractivity contribution in [3.8, 4) is 0 Å². The first-order valence-corrected chi connectivity index (χ1v) is 5.87. The molecule has 1 aromatic rings. The average Bonchev–Trinajstić information content (AvgIpc) is 2.26. The van der Waals surface area contributed by atoms with E-state index >= 15 is 0 Å². The molecule has 2 nitrogen and oxygen atoms in total. The molecule has 0 bridgehead atoms. The predicted molar refractivity (Wildman–Crippen MR) is 65.1 cm³/mol. The maximum Gasteiger partial charge on any atom is 0.149 e. The number of rotatable bonds is 7. The van der Waals surface area contributed by atoms with Crippen molar-refractivity contribution in [1.29, 1.82) is 0 Å². The number of anilines is 1. The van der Waals surface area contributed by atoms with Gasteiger partial charge in [-0.2, -0.15) is 0 Å². The molecule has 1 N–H and O–H groups in total. The molecule has 0 radical (unpaired) electrons. The van der Waals surface area contributed by atoms with Crippen molar-refractivity contribution in [3.63, 3.8) is 0 Å². The Balaban J connectivity index is 2.22. The molecule has 0 atom stereocenters. The Morgan fingerprint density at radius 1 is 1.18 bits per heavy atom. The van der Waals surface area contributed by atoms with E-state index < -0.39 is 11.6 Å². The van der Waals surface area contributed by atoms with Gasteiger partial charge in [0.2, 0.25) is 0 Å². The summed E-state index contributed by atoms with van der Waals surface area (Å²) in [5.41, 5.74) is -0.0834. The van der Waals surface area contributed by atoms with Gasteiger partial charge in [-0.1, -0.05) is 19.9 Å². The van der Waals surface area contributed by atoms with E-state index in [2.05, 4.69) is 19.2 Å². The molecule has 0 amide bonds. The van der Waals surface area contributed by atoms with Gasteiger partial charge < -0.3 is 10.1 Å². The third-order valence-electron chi connectivity index (χ3n) is 2.35. The van der Waals surface area contributed by atoms with Gasteiger partial charge in [-0.3, -0.25) is 0 Å². The van der Waals surface area contributed by atoms with Crippen LogP contribution in [-0.2, 0) is 4.74 Å². The molecule has 0 fully saturated rings. The van der Waals surface area contributed by atoms with Crippen LogP contribution in [0.2, 0.25) is 0 Å². The van der Waals surface area contributed by atoms with Gasteiger partial charge >= 0.3 is 0 Å². The van der Waals surface area contributed by atoms with Crippen LogP contribution in [0.1, 0.15) is 20.3 Å². The Morgan fingerprint density at radius 2 is 1.82 bits per heavy atom. The van der Waals surface area contributed by atoms with E-state index in [1.165, 1.54) is 18.2 Å². The number of para-hydroxylation sites is 1. The monoisotopic (exact) mass is 243 g/mol. The number of nitrogens with one attached hydrogen (secondary N) is 1. The van der Waals surface area contributed by atoms with Crippen LogP contribution >= 0.6 is 0 Å². The second-order valence-corrected chi connectivity index (χ2v) is 4.32. The Labute approximate surface area is 101 Å². The van der Waals surface area contributed by atoms with Crippen LogP contribution in [0, 0.1) is 17.6 Å².